The molecule has 0 aromatic heterocycles. The van der Waals surface area contributed by atoms with Crippen molar-refractivity contribution < 1.29 is 14.4 Å². The third-order valence-corrected chi connectivity index (χ3v) is 4.57. The van der Waals surface area contributed by atoms with Crippen molar-refractivity contribution in [3.63, 3.8) is 0 Å². The molecule has 1 aliphatic carbocycles. The summed E-state index contributed by atoms with van der Waals surface area (Å²) in [6, 6.07) is 0. The van der Waals surface area contributed by atoms with Gasteiger partial charge in [-0.05, 0) is 34.6 Å². The van der Waals surface area contributed by atoms with Gasteiger partial charge in [-0.2, -0.15) is 0 Å². The van der Waals surface area contributed by atoms with E-state index in [-0.39, 0.29) is 23.9 Å². The highest BCUT2D eigenvalue weighted by Crippen LogP contribution is 2.39. The standard InChI is InChI=1S/C18H27NO3/c1-8-19(9-2)14(20)10-18(6,7)15-13(5)16(21)11(3)12(4)17(15)22/h8-10H2,1-7H3. The van der Waals surface area contributed by atoms with Crippen molar-refractivity contribution in [2.45, 2.75) is 54.9 Å². The first-order valence-corrected chi connectivity index (χ1v) is 7.84. The number of allylic oxidation sites excluding steroid dienone is 4. The second-order valence-corrected chi connectivity index (χ2v) is 6.53. The Morgan fingerprint density at radius 1 is 0.909 bits per heavy atom. The molecule has 0 aromatic carbocycles. The summed E-state index contributed by atoms with van der Waals surface area (Å²) in [5.41, 5.74) is 1.32. The first-order valence-electron chi connectivity index (χ1n) is 7.84. The normalized spacial score (nSPS) is 16.5. The Hall–Kier alpha value is -1.71. The van der Waals surface area contributed by atoms with Crippen LogP contribution in [-0.4, -0.2) is 35.5 Å². The first kappa shape index (κ1) is 18.3. The van der Waals surface area contributed by atoms with Gasteiger partial charge in [-0.3, -0.25) is 14.4 Å². The topological polar surface area (TPSA) is 54.5 Å². The van der Waals surface area contributed by atoms with E-state index in [0.29, 0.717) is 35.4 Å². The van der Waals surface area contributed by atoms with Crippen molar-refractivity contribution in [3.8, 4) is 0 Å². The van der Waals surface area contributed by atoms with Crippen LogP contribution in [0.3, 0.4) is 0 Å². The Morgan fingerprint density at radius 2 is 1.36 bits per heavy atom. The number of hydrogen-bond acceptors (Lipinski definition) is 3. The van der Waals surface area contributed by atoms with Crippen molar-refractivity contribution in [2.75, 3.05) is 13.1 Å². The molecule has 0 heterocycles. The van der Waals surface area contributed by atoms with Gasteiger partial charge in [-0.1, -0.05) is 13.8 Å². The lowest BCUT2D eigenvalue weighted by Gasteiger charge is -2.33. The molecule has 1 rings (SSSR count). The van der Waals surface area contributed by atoms with E-state index in [1.807, 2.05) is 27.7 Å². The molecule has 22 heavy (non-hydrogen) atoms. The second-order valence-electron chi connectivity index (χ2n) is 6.53. The Bertz CT molecular complexity index is 575. The third kappa shape index (κ3) is 3.21. The third-order valence-electron chi connectivity index (χ3n) is 4.57. The van der Waals surface area contributed by atoms with Gasteiger partial charge in [0, 0.05) is 47.2 Å². The fraction of sp³-hybridized carbons (Fsp3) is 0.611. The number of hydrogen-bond donors (Lipinski definition) is 0. The lowest BCUT2D eigenvalue weighted by atomic mass is 9.71. The van der Waals surface area contributed by atoms with Crippen molar-refractivity contribution in [2.24, 2.45) is 5.41 Å². The van der Waals surface area contributed by atoms with Gasteiger partial charge >= 0.3 is 0 Å². The van der Waals surface area contributed by atoms with Crippen LogP contribution in [0.2, 0.25) is 0 Å². The number of Topliss-reactive ketones (excluding diaryl/α,β-unsaturated/α-hetero) is 2. The van der Waals surface area contributed by atoms with Gasteiger partial charge in [0.2, 0.25) is 5.91 Å². The van der Waals surface area contributed by atoms with Gasteiger partial charge in [0.1, 0.15) is 0 Å². The van der Waals surface area contributed by atoms with Gasteiger partial charge in [-0.15, -0.1) is 0 Å². The summed E-state index contributed by atoms with van der Waals surface area (Å²) < 4.78 is 0. The maximum atomic E-state index is 12.6. The number of carbonyl (C=O) groups is 3. The second kappa shape index (κ2) is 6.59. The molecule has 0 aliphatic heterocycles. The molecule has 0 bridgehead atoms. The largest absolute Gasteiger partial charge is 0.343 e. The molecular formula is C18H27NO3. The molecular weight excluding hydrogens is 278 g/mol. The molecule has 1 aliphatic rings. The van der Waals surface area contributed by atoms with E-state index in [1.54, 1.807) is 25.7 Å². The zero-order valence-corrected chi connectivity index (χ0v) is 14.8. The van der Waals surface area contributed by atoms with E-state index in [9.17, 15) is 14.4 Å². The van der Waals surface area contributed by atoms with Gasteiger partial charge in [0.25, 0.3) is 0 Å². The molecule has 0 atom stereocenters. The maximum absolute atomic E-state index is 12.6. The molecule has 122 valence electrons. The highest BCUT2D eigenvalue weighted by molar-refractivity contribution is 6.25. The summed E-state index contributed by atoms with van der Waals surface area (Å²) in [5, 5.41) is 0. The molecule has 0 saturated heterocycles. The summed E-state index contributed by atoms with van der Waals surface area (Å²) in [4.78, 5) is 39.1. The van der Waals surface area contributed by atoms with Gasteiger partial charge < -0.3 is 4.90 Å². The molecule has 0 radical (unpaired) electrons. The molecule has 0 fully saturated rings. The molecule has 4 nitrogen and oxygen atoms in total. The van der Waals surface area contributed by atoms with Crippen molar-refractivity contribution in [3.05, 3.63) is 22.3 Å². The monoisotopic (exact) mass is 305 g/mol. The Balaban J connectivity index is 3.19. The van der Waals surface area contributed by atoms with E-state index in [1.165, 1.54) is 0 Å². The van der Waals surface area contributed by atoms with Crippen LogP contribution in [0.5, 0.6) is 0 Å². The Morgan fingerprint density at radius 3 is 1.82 bits per heavy atom. The minimum atomic E-state index is -0.654. The van der Waals surface area contributed by atoms with Crippen molar-refractivity contribution in [1.29, 1.82) is 0 Å². The van der Waals surface area contributed by atoms with Crippen LogP contribution in [0.25, 0.3) is 0 Å². The number of carbonyl (C=O) groups excluding carboxylic acids is 3. The van der Waals surface area contributed by atoms with E-state index in [0.717, 1.165) is 0 Å². The SMILES string of the molecule is CCN(CC)C(=O)CC(C)(C)C1=C(C)C(=O)C(C)=C(C)C1=O. The zero-order chi connectivity index (χ0) is 17.2. The maximum Gasteiger partial charge on any atom is 0.223 e. The summed E-state index contributed by atoms with van der Waals surface area (Å²) in [5.74, 6) is -0.179. The lowest BCUT2D eigenvalue weighted by Crippen LogP contribution is -2.37. The number of ketones is 2. The molecule has 1 amide bonds. The van der Waals surface area contributed by atoms with Crippen LogP contribution in [-0.2, 0) is 14.4 Å². The molecule has 0 spiro atoms. The Kier molecular flexibility index (Phi) is 5.49. The van der Waals surface area contributed by atoms with Crippen LogP contribution in [0.1, 0.15) is 54.9 Å². The van der Waals surface area contributed by atoms with E-state index >= 15 is 0 Å². The summed E-state index contributed by atoms with van der Waals surface area (Å²) in [6.07, 6.45) is 0.229. The highest BCUT2D eigenvalue weighted by atomic mass is 16.2. The predicted octanol–water partition coefficient (Wildman–Crippen LogP) is 3.08. The van der Waals surface area contributed by atoms with Crippen LogP contribution in [0.4, 0.5) is 0 Å². The van der Waals surface area contributed by atoms with Crippen LogP contribution in [0.15, 0.2) is 22.3 Å². The fourth-order valence-electron chi connectivity index (χ4n) is 3.06. The number of rotatable bonds is 5. The van der Waals surface area contributed by atoms with E-state index in [4.69, 9.17) is 0 Å². The Labute approximate surface area is 133 Å². The van der Waals surface area contributed by atoms with Gasteiger partial charge in [0.05, 0.1) is 0 Å². The molecule has 0 unspecified atom stereocenters. The molecule has 0 saturated carbocycles. The quantitative estimate of drug-likeness (QED) is 0.733. The van der Waals surface area contributed by atoms with E-state index in [2.05, 4.69) is 0 Å². The number of amides is 1. The summed E-state index contributed by atoms with van der Waals surface area (Å²) in [6.45, 7) is 14.0. The van der Waals surface area contributed by atoms with Crippen LogP contribution < -0.4 is 0 Å². The number of nitrogens with zero attached hydrogens (tertiary/aromatic N) is 1. The van der Waals surface area contributed by atoms with Gasteiger partial charge in [-0.25, -0.2) is 0 Å². The highest BCUT2D eigenvalue weighted by Gasteiger charge is 2.38. The molecule has 0 N–H and O–H groups in total. The van der Waals surface area contributed by atoms with E-state index < -0.39 is 5.41 Å². The van der Waals surface area contributed by atoms with Crippen molar-refractivity contribution >= 4 is 17.5 Å². The van der Waals surface area contributed by atoms with Crippen LogP contribution in [0, 0.1) is 5.41 Å². The zero-order valence-electron chi connectivity index (χ0n) is 14.8. The van der Waals surface area contributed by atoms with Crippen LogP contribution >= 0.6 is 0 Å². The minimum absolute atomic E-state index is 0.0134. The van der Waals surface area contributed by atoms with Gasteiger partial charge in [0.15, 0.2) is 11.6 Å². The molecule has 4 heteroatoms. The fourth-order valence-corrected chi connectivity index (χ4v) is 3.06. The summed E-state index contributed by atoms with van der Waals surface area (Å²) >= 11 is 0. The lowest BCUT2D eigenvalue weighted by molar-refractivity contribution is -0.132. The summed E-state index contributed by atoms with van der Waals surface area (Å²) in [7, 11) is 0. The minimum Gasteiger partial charge on any atom is -0.343 e. The van der Waals surface area contributed by atoms with Crippen molar-refractivity contribution in [1.82, 2.24) is 4.90 Å². The smallest absolute Gasteiger partial charge is 0.223 e. The molecule has 0 aromatic rings. The average molecular weight is 305 g/mol. The average Bonchev–Trinajstić information content (AvgIpc) is 2.43. The first-order chi connectivity index (χ1) is 10.1. The predicted molar refractivity (Wildman–Crippen MR) is 87.4 cm³/mol.